The van der Waals surface area contributed by atoms with Gasteiger partial charge in [-0.3, -0.25) is 4.79 Å². The highest BCUT2D eigenvalue weighted by Crippen LogP contribution is 2.34. The van der Waals surface area contributed by atoms with E-state index < -0.39 is 0 Å². The number of hydrazone groups is 1. The molecule has 2 rings (SSSR count). The van der Waals surface area contributed by atoms with E-state index in [1.807, 2.05) is 19.1 Å². The molecule has 0 radical (unpaired) electrons. The average Bonchev–Trinajstić information content (AvgIpc) is 2.63. The van der Waals surface area contributed by atoms with E-state index in [2.05, 4.69) is 40.0 Å². The molecule has 2 aromatic rings. The number of nitrogens with one attached hydrogen (secondary N) is 1. The van der Waals surface area contributed by atoms with Crippen LogP contribution in [0.1, 0.15) is 36.2 Å². The van der Waals surface area contributed by atoms with E-state index in [1.54, 1.807) is 37.6 Å². The predicted octanol–water partition coefficient (Wildman–Crippen LogP) is 4.89. The van der Waals surface area contributed by atoms with Crippen LogP contribution in [0.25, 0.3) is 0 Å². The van der Waals surface area contributed by atoms with Crippen LogP contribution in [-0.4, -0.2) is 25.3 Å². The molecule has 2 aromatic carbocycles. The topological polar surface area (TPSA) is 59.9 Å². The van der Waals surface area contributed by atoms with Gasteiger partial charge in [-0.25, -0.2) is 5.43 Å². The third-order valence-electron chi connectivity index (χ3n) is 3.63. The molecule has 1 N–H and O–H groups in total. The third kappa shape index (κ3) is 5.60. The van der Waals surface area contributed by atoms with Crippen molar-refractivity contribution in [3.63, 3.8) is 0 Å². The molecule has 0 fully saturated rings. The van der Waals surface area contributed by atoms with Crippen LogP contribution >= 0.6 is 34.2 Å². The van der Waals surface area contributed by atoms with Crippen LogP contribution < -0.4 is 14.9 Å². The zero-order chi connectivity index (χ0) is 19.1. The fraction of sp³-hybridized carbons (Fsp3) is 0.263. The van der Waals surface area contributed by atoms with Crippen molar-refractivity contribution in [2.45, 2.75) is 26.4 Å². The first-order valence-corrected chi connectivity index (χ1v) is 9.53. The second kappa shape index (κ2) is 9.78. The van der Waals surface area contributed by atoms with Crippen molar-refractivity contribution in [3.05, 3.63) is 56.1 Å². The van der Waals surface area contributed by atoms with E-state index in [0.717, 1.165) is 15.6 Å². The fourth-order valence-corrected chi connectivity index (χ4v) is 2.92. The molecular weight excluding hydrogens is 467 g/mol. The summed E-state index contributed by atoms with van der Waals surface area (Å²) in [4.78, 5) is 12.0. The minimum absolute atomic E-state index is 0.0931. The monoisotopic (exact) mass is 486 g/mol. The molecule has 0 saturated carbocycles. The maximum Gasteiger partial charge on any atom is 0.271 e. The Morgan fingerprint density at radius 2 is 2.04 bits per heavy atom. The molecule has 1 amide bonds. The summed E-state index contributed by atoms with van der Waals surface area (Å²) in [5, 5.41) is 4.58. The van der Waals surface area contributed by atoms with Gasteiger partial charge in [0.15, 0.2) is 11.5 Å². The molecule has 0 aliphatic rings. The van der Waals surface area contributed by atoms with Crippen LogP contribution in [0.5, 0.6) is 11.5 Å². The number of hydrogen-bond donors (Lipinski definition) is 1. The molecule has 0 spiro atoms. The SMILES string of the molecule is CC[C@@H](C)Oc1c(I)cc(/C=N\NC(=O)c2ccc(Cl)cc2)cc1OC. The molecule has 0 bridgehead atoms. The van der Waals surface area contributed by atoms with Gasteiger partial charge in [-0.2, -0.15) is 5.10 Å². The lowest BCUT2D eigenvalue weighted by Crippen LogP contribution is -2.17. The largest absolute Gasteiger partial charge is 0.493 e. The fourth-order valence-electron chi connectivity index (χ4n) is 2.04. The maximum atomic E-state index is 12.0. The average molecular weight is 487 g/mol. The van der Waals surface area contributed by atoms with Gasteiger partial charge in [0.25, 0.3) is 5.91 Å². The molecule has 0 unspecified atom stereocenters. The van der Waals surface area contributed by atoms with E-state index in [0.29, 0.717) is 22.1 Å². The van der Waals surface area contributed by atoms with Crippen LogP contribution in [0.4, 0.5) is 0 Å². The first-order chi connectivity index (χ1) is 12.4. The number of hydrogen-bond acceptors (Lipinski definition) is 4. The minimum Gasteiger partial charge on any atom is -0.493 e. The minimum atomic E-state index is -0.309. The summed E-state index contributed by atoms with van der Waals surface area (Å²) in [6.45, 7) is 4.07. The van der Waals surface area contributed by atoms with Gasteiger partial charge >= 0.3 is 0 Å². The Bertz CT molecular complexity index is 794. The summed E-state index contributed by atoms with van der Waals surface area (Å²) in [5.74, 6) is 1.03. The number of ether oxygens (including phenoxy) is 2. The summed E-state index contributed by atoms with van der Waals surface area (Å²) >= 11 is 8.01. The van der Waals surface area contributed by atoms with Gasteiger partial charge in [0, 0.05) is 10.6 Å². The normalized spacial score (nSPS) is 12.0. The van der Waals surface area contributed by atoms with Crippen LogP contribution in [0, 0.1) is 3.57 Å². The highest BCUT2D eigenvalue weighted by atomic mass is 127. The maximum absolute atomic E-state index is 12.0. The van der Waals surface area contributed by atoms with E-state index in [4.69, 9.17) is 21.1 Å². The van der Waals surface area contributed by atoms with Crippen molar-refractivity contribution < 1.29 is 14.3 Å². The van der Waals surface area contributed by atoms with Crippen molar-refractivity contribution in [2.24, 2.45) is 5.10 Å². The zero-order valence-corrected chi connectivity index (χ0v) is 17.7. The highest BCUT2D eigenvalue weighted by Gasteiger charge is 2.13. The number of nitrogens with zero attached hydrogens (tertiary/aromatic N) is 1. The number of amides is 1. The third-order valence-corrected chi connectivity index (χ3v) is 4.69. The standard InChI is InChI=1S/C19H20ClIN2O3/c1-4-12(2)26-18-16(21)9-13(10-17(18)25-3)11-22-23-19(24)14-5-7-15(20)8-6-14/h5-12H,4H2,1-3H3,(H,23,24)/b22-11-/t12-/m1/s1. The second-order valence-corrected chi connectivity index (χ2v) is 7.18. The molecule has 0 aliphatic carbocycles. The van der Waals surface area contributed by atoms with E-state index in [1.165, 1.54) is 0 Å². The predicted molar refractivity (Wildman–Crippen MR) is 113 cm³/mol. The summed E-state index contributed by atoms with van der Waals surface area (Å²) < 4.78 is 12.3. The molecule has 0 heterocycles. The molecule has 0 aromatic heterocycles. The first kappa shape index (κ1) is 20.5. The number of methoxy groups -OCH3 is 1. The Hall–Kier alpha value is -1.80. The lowest BCUT2D eigenvalue weighted by Gasteiger charge is -2.17. The Kier molecular flexibility index (Phi) is 7.71. The van der Waals surface area contributed by atoms with Gasteiger partial charge < -0.3 is 9.47 Å². The smallest absolute Gasteiger partial charge is 0.271 e. The lowest BCUT2D eigenvalue weighted by atomic mass is 10.2. The van der Waals surface area contributed by atoms with Crippen molar-refractivity contribution in [2.75, 3.05) is 7.11 Å². The number of carbonyl (C=O) groups excluding carboxylic acids is 1. The quantitative estimate of drug-likeness (QED) is 0.344. The summed E-state index contributed by atoms with van der Waals surface area (Å²) in [7, 11) is 1.60. The van der Waals surface area contributed by atoms with Crippen LogP contribution in [0.15, 0.2) is 41.5 Å². The van der Waals surface area contributed by atoms with Crippen molar-refractivity contribution in [1.82, 2.24) is 5.43 Å². The number of benzene rings is 2. The molecule has 1 atom stereocenters. The van der Waals surface area contributed by atoms with Crippen molar-refractivity contribution >= 4 is 46.3 Å². The van der Waals surface area contributed by atoms with E-state index in [9.17, 15) is 4.79 Å². The Balaban J connectivity index is 2.11. The summed E-state index contributed by atoms with van der Waals surface area (Å²) in [6.07, 6.45) is 2.56. The van der Waals surface area contributed by atoms with E-state index in [-0.39, 0.29) is 12.0 Å². The Morgan fingerprint density at radius 3 is 2.65 bits per heavy atom. The van der Waals surface area contributed by atoms with Gasteiger partial charge in [0.2, 0.25) is 0 Å². The van der Waals surface area contributed by atoms with Crippen LogP contribution in [0.2, 0.25) is 5.02 Å². The van der Waals surface area contributed by atoms with Crippen molar-refractivity contribution in [1.29, 1.82) is 0 Å². The molecule has 138 valence electrons. The van der Waals surface area contributed by atoms with Crippen LogP contribution in [-0.2, 0) is 0 Å². The zero-order valence-electron chi connectivity index (χ0n) is 14.8. The summed E-state index contributed by atoms with van der Waals surface area (Å²) in [6, 6.07) is 10.3. The molecule has 0 aliphatic heterocycles. The molecule has 7 heteroatoms. The molecule has 26 heavy (non-hydrogen) atoms. The Labute approximate surface area is 171 Å². The number of halogens is 2. The number of rotatable bonds is 7. The first-order valence-electron chi connectivity index (χ1n) is 8.07. The summed E-state index contributed by atoms with van der Waals surface area (Å²) in [5.41, 5.74) is 3.77. The van der Waals surface area contributed by atoms with Gasteiger partial charge in [-0.05, 0) is 77.9 Å². The van der Waals surface area contributed by atoms with Gasteiger partial charge in [0.1, 0.15) is 0 Å². The van der Waals surface area contributed by atoms with Crippen molar-refractivity contribution in [3.8, 4) is 11.5 Å². The lowest BCUT2D eigenvalue weighted by molar-refractivity contribution is 0.0955. The molecule has 0 saturated heterocycles. The van der Waals surface area contributed by atoms with Crippen LogP contribution in [0.3, 0.4) is 0 Å². The van der Waals surface area contributed by atoms with E-state index >= 15 is 0 Å². The van der Waals surface area contributed by atoms with Gasteiger partial charge in [0.05, 0.1) is 23.0 Å². The highest BCUT2D eigenvalue weighted by molar-refractivity contribution is 14.1. The number of carbonyl (C=O) groups is 1. The molecule has 5 nitrogen and oxygen atoms in total. The van der Waals surface area contributed by atoms with Gasteiger partial charge in [-0.15, -0.1) is 0 Å². The van der Waals surface area contributed by atoms with Gasteiger partial charge in [-0.1, -0.05) is 18.5 Å². The Morgan fingerprint density at radius 1 is 1.35 bits per heavy atom. The second-order valence-electron chi connectivity index (χ2n) is 5.58. The molecular formula is C19H20ClIN2O3.